The maximum Gasteiger partial charge on any atom is 0.254 e. The zero-order valence-electron chi connectivity index (χ0n) is 15.3. The van der Waals surface area contributed by atoms with Crippen LogP contribution in [0.3, 0.4) is 0 Å². The van der Waals surface area contributed by atoms with E-state index in [1.165, 1.54) is 6.07 Å². The van der Waals surface area contributed by atoms with Crippen molar-refractivity contribution < 1.29 is 18.7 Å². The molecule has 0 aliphatic rings. The van der Waals surface area contributed by atoms with Crippen LogP contribution in [0.5, 0.6) is 11.5 Å². The number of hydrogen-bond acceptors (Lipinski definition) is 3. The van der Waals surface area contributed by atoms with Gasteiger partial charge in [-0.3, -0.25) is 4.79 Å². The highest BCUT2D eigenvalue weighted by atomic mass is 19.1. The molecule has 0 radical (unpaired) electrons. The summed E-state index contributed by atoms with van der Waals surface area (Å²) < 4.78 is 24.4. The SMILES string of the molecule is COc1ccc(C(C)(C)CNC(=O)c2cc(C)ccc2F)cc1OC. The summed E-state index contributed by atoms with van der Waals surface area (Å²) in [5.41, 5.74) is 1.51. The maximum atomic E-state index is 13.9. The molecule has 25 heavy (non-hydrogen) atoms. The van der Waals surface area contributed by atoms with Crippen molar-refractivity contribution in [3.05, 3.63) is 58.9 Å². The van der Waals surface area contributed by atoms with Crippen molar-refractivity contribution in [2.75, 3.05) is 20.8 Å². The molecule has 0 bridgehead atoms. The molecule has 0 unspecified atom stereocenters. The zero-order valence-corrected chi connectivity index (χ0v) is 15.3. The molecule has 2 rings (SSSR count). The molecular weight excluding hydrogens is 321 g/mol. The summed E-state index contributed by atoms with van der Waals surface area (Å²) >= 11 is 0. The number of carbonyl (C=O) groups is 1. The average molecular weight is 345 g/mol. The van der Waals surface area contributed by atoms with Gasteiger partial charge in [-0.05, 0) is 36.8 Å². The monoisotopic (exact) mass is 345 g/mol. The molecule has 134 valence electrons. The lowest BCUT2D eigenvalue weighted by Crippen LogP contribution is -2.37. The Balaban J connectivity index is 2.16. The molecule has 0 atom stereocenters. The van der Waals surface area contributed by atoms with Gasteiger partial charge in [-0.2, -0.15) is 0 Å². The molecule has 2 aromatic carbocycles. The number of hydrogen-bond donors (Lipinski definition) is 1. The molecule has 0 saturated carbocycles. The first-order valence-electron chi connectivity index (χ1n) is 8.05. The Morgan fingerprint density at radius 1 is 1.08 bits per heavy atom. The second-order valence-corrected chi connectivity index (χ2v) is 6.62. The van der Waals surface area contributed by atoms with Gasteiger partial charge in [0.2, 0.25) is 0 Å². The van der Waals surface area contributed by atoms with E-state index in [-0.39, 0.29) is 11.0 Å². The number of ether oxygens (including phenoxy) is 2. The topological polar surface area (TPSA) is 47.6 Å². The fraction of sp³-hybridized carbons (Fsp3) is 0.350. The molecular formula is C20H24FNO3. The Hall–Kier alpha value is -2.56. The van der Waals surface area contributed by atoms with Crippen LogP contribution in [0, 0.1) is 12.7 Å². The van der Waals surface area contributed by atoms with Gasteiger partial charge in [-0.25, -0.2) is 4.39 Å². The Kier molecular flexibility index (Phi) is 5.67. The molecule has 1 amide bonds. The second-order valence-electron chi connectivity index (χ2n) is 6.62. The standard InChI is InChI=1S/C20H24FNO3/c1-13-6-8-16(21)15(10-13)19(23)22-12-20(2,3)14-7-9-17(24-4)18(11-14)25-5/h6-11H,12H2,1-5H3,(H,22,23). The fourth-order valence-electron chi connectivity index (χ4n) is 2.57. The van der Waals surface area contributed by atoms with Crippen LogP contribution < -0.4 is 14.8 Å². The van der Waals surface area contributed by atoms with Crippen molar-refractivity contribution in [2.45, 2.75) is 26.2 Å². The lowest BCUT2D eigenvalue weighted by molar-refractivity contribution is 0.0941. The molecule has 0 fully saturated rings. The molecule has 0 saturated heterocycles. The Morgan fingerprint density at radius 3 is 2.40 bits per heavy atom. The van der Waals surface area contributed by atoms with Crippen LogP contribution in [-0.4, -0.2) is 26.7 Å². The van der Waals surface area contributed by atoms with Gasteiger partial charge in [0.05, 0.1) is 19.8 Å². The van der Waals surface area contributed by atoms with E-state index in [2.05, 4.69) is 5.32 Å². The third-order valence-electron chi connectivity index (χ3n) is 4.22. The molecule has 5 heteroatoms. The van der Waals surface area contributed by atoms with E-state index in [1.807, 2.05) is 39.0 Å². The zero-order chi connectivity index (χ0) is 18.6. The van der Waals surface area contributed by atoms with E-state index in [0.29, 0.717) is 18.0 Å². The summed E-state index contributed by atoms with van der Waals surface area (Å²) in [5.74, 6) is 0.332. The third kappa shape index (κ3) is 4.29. The van der Waals surface area contributed by atoms with Gasteiger partial charge in [0.1, 0.15) is 5.82 Å². The fourth-order valence-corrected chi connectivity index (χ4v) is 2.57. The average Bonchev–Trinajstić information content (AvgIpc) is 2.61. The minimum absolute atomic E-state index is 0.0584. The summed E-state index contributed by atoms with van der Waals surface area (Å²) in [6.45, 7) is 6.18. The first-order chi connectivity index (χ1) is 11.8. The number of benzene rings is 2. The molecule has 2 aromatic rings. The van der Waals surface area contributed by atoms with Crippen LogP contribution in [0.15, 0.2) is 36.4 Å². The summed E-state index contributed by atoms with van der Waals surface area (Å²) in [7, 11) is 3.16. The van der Waals surface area contributed by atoms with Crippen LogP contribution in [0.4, 0.5) is 4.39 Å². The molecule has 1 N–H and O–H groups in total. The number of amides is 1. The Bertz CT molecular complexity index is 772. The molecule has 0 aliphatic carbocycles. The van der Waals surface area contributed by atoms with Gasteiger partial charge in [0.15, 0.2) is 11.5 Å². The highest BCUT2D eigenvalue weighted by molar-refractivity contribution is 5.94. The van der Waals surface area contributed by atoms with Gasteiger partial charge < -0.3 is 14.8 Å². The minimum Gasteiger partial charge on any atom is -0.493 e. The number of nitrogens with one attached hydrogen (secondary N) is 1. The molecule has 0 aliphatic heterocycles. The van der Waals surface area contributed by atoms with Crippen molar-refractivity contribution in [3.63, 3.8) is 0 Å². The highest BCUT2D eigenvalue weighted by Crippen LogP contribution is 2.32. The van der Waals surface area contributed by atoms with E-state index in [9.17, 15) is 9.18 Å². The Labute approximate surface area is 148 Å². The van der Waals surface area contributed by atoms with Crippen molar-refractivity contribution >= 4 is 5.91 Å². The lowest BCUT2D eigenvalue weighted by atomic mass is 9.84. The van der Waals surface area contributed by atoms with Gasteiger partial charge in [0, 0.05) is 12.0 Å². The van der Waals surface area contributed by atoms with Crippen LogP contribution in [0.25, 0.3) is 0 Å². The first kappa shape index (κ1) is 18.8. The number of methoxy groups -OCH3 is 2. The smallest absolute Gasteiger partial charge is 0.254 e. The largest absolute Gasteiger partial charge is 0.493 e. The summed E-state index contributed by atoms with van der Waals surface area (Å²) in [6.07, 6.45) is 0. The van der Waals surface area contributed by atoms with E-state index in [0.717, 1.165) is 11.1 Å². The predicted octanol–water partition coefficient (Wildman–Crippen LogP) is 3.86. The van der Waals surface area contributed by atoms with E-state index in [1.54, 1.807) is 26.4 Å². The third-order valence-corrected chi connectivity index (χ3v) is 4.22. The predicted molar refractivity (Wildman–Crippen MR) is 96.0 cm³/mol. The Morgan fingerprint density at radius 2 is 1.76 bits per heavy atom. The van der Waals surface area contributed by atoms with Gasteiger partial charge in [0.25, 0.3) is 5.91 Å². The summed E-state index contributed by atoms with van der Waals surface area (Å²) in [6, 6.07) is 10.1. The van der Waals surface area contributed by atoms with Crippen molar-refractivity contribution in [2.24, 2.45) is 0 Å². The quantitative estimate of drug-likeness (QED) is 0.865. The highest BCUT2D eigenvalue weighted by Gasteiger charge is 2.24. The van der Waals surface area contributed by atoms with E-state index in [4.69, 9.17) is 9.47 Å². The van der Waals surface area contributed by atoms with Gasteiger partial charge >= 0.3 is 0 Å². The molecule has 0 aromatic heterocycles. The number of carbonyl (C=O) groups excluding carboxylic acids is 1. The van der Waals surface area contributed by atoms with Crippen LogP contribution in [0.2, 0.25) is 0 Å². The van der Waals surface area contributed by atoms with Crippen molar-refractivity contribution in [1.82, 2.24) is 5.32 Å². The molecule has 4 nitrogen and oxygen atoms in total. The summed E-state index contributed by atoms with van der Waals surface area (Å²) in [4.78, 5) is 12.3. The minimum atomic E-state index is -0.521. The lowest BCUT2D eigenvalue weighted by Gasteiger charge is -2.26. The number of aryl methyl sites for hydroxylation is 1. The van der Waals surface area contributed by atoms with Crippen LogP contribution in [-0.2, 0) is 5.41 Å². The molecule has 0 heterocycles. The van der Waals surface area contributed by atoms with Gasteiger partial charge in [-0.1, -0.05) is 31.5 Å². The van der Waals surface area contributed by atoms with E-state index < -0.39 is 11.7 Å². The van der Waals surface area contributed by atoms with Crippen molar-refractivity contribution in [3.8, 4) is 11.5 Å². The second kappa shape index (κ2) is 7.55. The normalized spacial score (nSPS) is 11.1. The van der Waals surface area contributed by atoms with E-state index >= 15 is 0 Å². The van der Waals surface area contributed by atoms with Crippen LogP contribution in [0.1, 0.15) is 35.3 Å². The van der Waals surface area contributed by atoms with Crippen LogP contribution >= 0.6 is 0 Å². The van der Waals surface area contributed by atoms with Crippen molar-refractivity contribution in [1.29, 1.82) is 0 Å². The number of rotatable bonds is 6. The maximum absolute atomic E-state index is 13.9. The summed E-state index contributed by atoms with van der Waals surface area (Å²) in [5, 5.41) is 2.82. The number of halogens is 1. The van der Waals surface area contributed by atoms with Gasteiger partial charge in [-0.15, -0.1) is 0 Å². The first-order valence-corrected chi connectivity index (χ1v) is 8.05. The molecule has 0 spiro atoms.